The van der Waals surface area contributed by atoms with Crippen molar-refractivity contribution < 1.29 is 4.42 Å². The molecule has 0 N–H and O–H groups in total. The minimum Gasteiger partial charge on any atom is -0.416 e. The largest absolute Gasteiger partial charge is 0.416 e. The molecular formula is C18H18N4O. The first-order chi connectivity index (χ1) is 11.3. The second kappa shape index (κ2) is 5.83. The Hall–Kier alpha value is -2.69. The third-order valence-corrected chi connectivity index (χ3v) is 4.15. The van der Waals surface area contributed by atoms with Crippen LogP contribution in [0.25, 0.3) is 22.9 Å². The molecule has 0 spiro atoms. The topological polar surface area (TPSA) is 55.1 Å². The Morgan fingerprint density at radius 1 is 0.957 bits per heavy atom. The van der Waals surface area contributed by atoms with Crippen LogP contribution >= 0.6 is 0 Å². The quantitative estimate of drug-likeness (QED) is 0.738. The molecule has 1 aliphatic rings. The highest BCUT2D eigenvalue weighted by molar-refractivity contribution is 5.70. The number of aromatic nitrogens is 3. The molecule has 2 aromatic heterocycles. The molecule has 1 aromatic carbocycles. The van der Waals surface area contributed by atoms with Crippen molar-refractivity contribution in [3.05, 3.63) is 48.2 Å². The maximum Gasteiger partial charge on any atom is 0.251 e. The summed E-state index contributed by atoms with van der Waals surface area (Å²) in [5.74, 6) is 2.00. The van der Waals surface area contributed by atoms with Gasteiger partial charge in [0.1, 0.15) is 5.82 Å². The Morgan fingerprint density at radius 2 is 1.70 bits per heavy atom. The molecular weight excluding hydrogens is 288 g/mol. The molecule has 116 valence electrons. The molecule has 0 unspecified atom stereocenters. The smallest absolute Gasteiger partial charge is 0.251 e. The fourth-order valence-corrected chi connectivity index (χ4v) is 2.89. The number of pyridine rings is 1. The number of anilines is 1. The summed E-state index contributed by atoms with van der Waals surface area (Å²) in [6.45, 7) is 4.12. The lowest BCUT2D eigenvalue weighted by molar-refractivity contribution is 0.584. The average Bonchev–Trinajstić information content (AvgIpc) is 3.27. The van der Waals surface area contributed by atoms with E-state index in [0.717, 1.165) is 30.0 Å². The minimum atomic E-state index is 0.524. The van der Waals surface area contributed by atoms with E-state index in [-0.39, 0.29) is 0 Å². The molecule has 3 aromatic rings. The summed E-state index contributed by atoms with van der Waals surface area (Å²) in [7, 11) is 0. The first-order valence-electron chi connectivity index (χ1n) is 7.92. The van der Waals surface area contributed by atoms with E-state index in [0.29, 0.717) is 11.8 Å². The van der Waals surface area contributed by atoms with Gasteiger partial charge in [0.2, 0.25) is 5.89 Å². The molecule has 0 saturated carbocycles. The van der Waals surface area contributed by atoms with Gasteiger partial charge in [0.25, 0.3) is 5.89 Å². The van der Waals surface area contributed by atoms with E-state index >= 15 is 0 Å². The van der Waals surface area contributed by atoms with Gasteiger partial charge in [-0.2, -0.15) is 0 Å². The highest BCUT2D eigenvalue weighted by Gasteiger charge is 2.21. The van der Waals surface area contributed by atoms with E-state index in [4.69, 9.17) is 4.42 Å². The summed E-state index contributed by atoms with van der Waals surface area (Å²) < 4.78 is 5.91. The molecule has 5 heteroatoms. The second-order valence-corrected chi connectivity index (χ2v) is 5.85. The van der Waals surface area contributed by atoms with E-state index < -0.39 is 0 Å². The van der Waals surface area contributed by atoms with E-state index in [1.165, 1.54) is 18.4 Å². The summed E-state index contributed by atoms with van der Waals surface area (Å²) in [5, 5.41) is 8.43. The Kier molecular flexibility index (Phi) is 3.54. The van der Waals surface area contributed by atoms with Crippen LogP contribution in [0.1, 0.15) is 18.4 Å². The predicted octanol–water partition coefficient (Wildman–Crippen LogP) is 3.71. The molecule has 0 atom stereocenters. The number of hydrogen-bond donors (Lipinski definition) is 0. The van der Waals surface area contributed by atoms with Gasteiger partial charge < -0.3 is 9.32 Å². The zero-order valence-electron chi connectivity index (χ0n) is 13.1. The number of hydrogen-bond acceptors (Lipinski definition) is 5. The summed E-state index contributed by atoms with van der Waals surface area (Å²) >= 11 is 0. The van der Waals surface area contributed by atoms with Crippen LogP contribution in [0.5, 0.6) is 0 Å². The fourth-order valence-electron chi connectivity index (χ4n) is 2.89. The Balaban J connectivity index is 1.70. The maximum atomic E-state index is 5.91. The molecule has 3 heterocycles. The standard InChI is InChI=1S/C18H18N4O/c1-13-6-8-14(9-7-13)17-20-21-18(23-17)15-5-4-10-19-16(15)22-11-2-3-12-22/h4-10H,2-3,11-12H2,1H3. The SMILES string of the molecule is Cc1ccc(-c2nnc(-c3cccnc3N3CCCC3)o2)cc1. The maximum absolute atomic E-state index is 5.91. The summed E-state index contributed by atoms with van der Waals surface area (Å²) in [5.41, 5.74) is 3.04. The van der Waals surface area contributed by atoms with Crippen molar-refractivity contribution in [1.29, 1.82) is 0 Å². The van der Waals surface area contributed by atoms with E-state index in [2.05, 4.69) is 27.0 Å². The van der Waals surface area contributed by atoms with Crippen LogP contribution in [0, 0.1) is 6.92 Å². The van der Waals surface area contributed by atoms with Gasteiger partial charge in [-0.1, -0.05) is 17.7 Å². The number of nitrogens with zero attached hydrogens (tertiary/aromatic N) is 4. The number of aryl methyl sites for hydroxylation is 1. The van der Waals surface area contributed by atoms with Gasteiger partial charge in [-0.25, -0.2) is 4.98 Å². The molecule has 0 bridgehead atoms. The molecule has 1 saturated heterocycles. The molecule has 0 aliphatic carbocycles. The predicted molar refractivity (Wildman–Crippen MR) is 89.1 cm³/mol. The number of rotatable bonds is 3. The van der Waals surface area contributed by atoms with Crippen molar-refractivity contribution in [2.45, 2.75) is 19.8 Å². The van der Waals surface area contributed by atoms with Crippen LogP contribution in [-0.4, -0.2) is 28.3 Å². The minimum absolute atomic E-state index is 0.524. The van der Waals surface area contributed by atoms with Crippen molar-refractivity contribution in [1.82, 2.24) is 15.2 Å². The van der Waals surface area contributed by atoms with Crippen LogP contribution < -0.4 is 4.90 Å². The number of benzene rings is 1. The van der Waals surface area contributed by atoms with Gasteiger partial charge in [0.05, 0.1) is 5.56 Å². The second-order valence-electron chi connectivity index (χ2n) is 5.85. The van der Waals surface area contributed by atoms with Crippen molar-refractivity contribution in [2.24, 2.45) is 0 Å². The molecule has 4 rings (SSSR count). The van der Waals surface area contributed by atoms with E-state index in [1.807, 2.05) is 42.6 Å². The van der Waals surface area contributed by atoms with Crippen molar-refractivity contribution in [3.8, 4) is 22.9 Å². The third kappa shape index (κ3) is 2.70. The van der Waals surface area contributed by atoms with Gasteiger partial charge in [-0.15, -0.1) is 10.2 Å². The summed E-state index contributed by atoms with van der Waals surface area (Å²) in [6.07, 6.45) is 4.22. The molecule has 23 heavy (non-hydrogen) atoms. The van der Waals surface area contributed by atoms with Crippen LogP contribution in [0.3, 0.4) is 0 Å². The van der Waals surface area contributed by atoms with Gasteiger partial charge in [-0.05, 0) is 44.0 Å². The van der Waals surface area contributed by atoms with Crippen LogP contribution in [0.15, 0.2) is 47.0 Å². The highest BCUT2D eigenvalue weighted by atomic mass is 16.4. The lowest BCUT2D eigenvalue weighted by Gasteiger charge is -2.18. The van der Waals surface area contributed by atoms with Crippen molar-refractivity contribution >= 4 is 5.82 Å². The monoisotopic (exact) mass is 306 g/mol. The summed E-state index contributed by atoms with van der Waals surface area (Å²) in [4.78, 5) is 6.81. The third-order valence-electron chi connectivity index (χ3n) is 4.15. The first-order valence-corrected chi connectivity index (χ1v) is 7.92. The first kappa shape index (κ1) is 13.9. The Morgan fingerprint density at radius 3 is 2.48 bits per heavy atom. The van der Waals surface area contributed by atoms with Crippen LogP contribution in [0.4, 0.5) is 5.82 Å². The Bertz CT molecular complexity index is 804. The average molecular weight is 306 g/mol. The Labute approximate surface area is 135 Å². The van der Waals surface area contributed by atoms with E-state index in [9.17, 15) is 0 Å². The molecule has 1 fully saturated rings. The normalized spacial score (nSPS) is 14.4. The van der Waals surface area contributed by atoms with Crippen molar-refractivity contribution in [2.75, 3.05) is 18.0 Å². The fraction of sp³-hybridized carbons (Fsp3) is 0.278. The molecule has 1 aliphatic heterocycles. The zero-order chi connectivity index (χ0) is 15.6. The van der Waals surface area contributed by atoms with Crippen LogP contribution in [-0.2, 0) is 0 Å². The lowest BCUT2D eigenvalue weighted by atomic mass is 10.1. The van der Waals surface area contributed by atoms with Crippen LogP contribution in [0.2, 0.25) is 0 Å². The van der Waals surface area contributed by atoms with Gasteiger partial charge in [0.15, 0.2) is 0 Å². The lowest BCUT2D eigenvalue weighted by Crippen LogP contribution is -2.19. The van der Waals surface area contributed by atoms with Gasteiger partial charge in [0, 0.05) is 24.8 Å². The van der Waals surface area contributed by atoms with E-state index in [1.54, 1.807) is 0 Å². The van der Waals surface area contributed by atoms with Gasteiger partial charge >= 0.3 is 0 Å². The van der Waals surface area contributed by atoms with Gasteiger partial charge in [-0.3, -0.25) is 0 Å². The van der Waals surface area contributed by atoms with Crippen molar-refractivity contribution in [3.63, 3.8) is 0 Å². The zero-order valence-corrected chi connectivity index (χ0v) is 13.1. The molecule has 5 nitrogen and oxygen atoms in total. The molecule has 0 amide bonds. The summed E-state index contributed by atoms with van der Waals surface area (Å²) in [6, 6.07) is 12.0. The highest BCUT2D eigenvalue weighted by Crippen LogP contribution is 2.31. The molecule has 0 radical (unpaired) electrons.